The van der Waals surface area contributed by atoms with Gasteiger partial charge in [0.1, 0.15) is 0 Å². The first-order valence-electron chi connectivity index (χ1n) is 9.33. The van der Waals surface area contributed by atoms with Crippen molar-refractivity contribution < 1.29 is 14.4 Å². The molecule has 1 aromatic heterocycles. The lowest BCUT2D eigenvalue weighted by Crippen LogP contribution is -2.25. The van der Waals surface area contributed by atoms with Gasteiger partial charge >= 0.3 is 0 Å². The van der Waals surface area contributed by atoms with E-state index in [4.69, 9.17) is 11.6 Å². The van der Waals surface area contributed by atoms with Crippen LogP contribution < -0.4 is 10.6 Å². The molecule has 0 saturated heterocycles. The van der Waals surface area contributed by atoms with Crippen LogP contribution in [-0.4, -0.2) is 22.5 Å². The number of nitrogens with zero attached hydrogens (tertiary/aromatic N) is 1. The number of thiazole rings is 1. The van der Waals surface area contributed by atoms with Crippen LogP contribution in [0.15, 0.2) is 48.5 Å². The minimum atomic E-state index is -0.805. The number of aryl methyl sites for hydroxylation is 2. The molecule has 0 bridgehead atoms. The van der Waals surface area contributed by atoms with Crippen molar-refractivity contribution in [3.05, 3.63) is 69.7 Å². The van der Waals surface area contributed by atoms with E-state index in [1.807, 2.05) is 31.2 Å². The summed E-state index contributed by atoms with van der Waals surface area (Å²) in [5, 5.41) is 6.67. The fourth-order valence-corrected chi connectivity index (χ4v) is 3.93. The molecular formula is C22H20ClN3O3S. The molecule has 0 radical (unpaired) electrons. The number of para-hydroxylation sites is 2. The number of carbonyl (C=O) groups excluding carboxylic acids is 3. The third-order valence-corrected chi connectivity index (χ3v) is 5.83. The molecule has 0 fully saturated rings. The standard InChI is InChI=1S/C22H20ClN3O3S/c1-3-14-8-4-6-10-16(14)25-21(29)19(28)12-18(27)20-13(2)24-22(30-20)26-17-11-7-5-9-15(17)23/h4-11H,3,12H2,1-2H3,(H,24,26)(H,25,29). The summed E-state index contributed by atoms with van der Waals surface area (Å²) in [6.45, 7) is 3.64. The van der Waals surface area contributed by atoms with Crippen LogP contribution in [0.25, 0.3) is 0 Å². The summed E-state index contributed by atoms with van der Waals surface area (Å²) in [4.78, 5) is 41.8. The predicted molar refractivity (Wildman–Crippen MR) is 120 cm³/mol. The number of carbonyl (C=O) groups is 3. The fourth-order valence-electron chi connectivity index (χ4n) is 2.84. The molecule has 0 saturated carbocycles. The molecule has 0 aliphatic heterocycles. The summed E-state index contributed by atoms with van der Waals surface area (Å²) in [6, 6.07) is 14.4. The molecule has 3 aromatic rings. The number of benzene rings is 2. The van der Waals surface area contributed by atoms with E-state index in [2.05, 4.69) is 15.6 Å². The number of Topliss-reactive ketones (excluding diaryl/α,β-unsaturated/α-hetero) is 2. The Bertz CT molecular complexity index is 1110. The zero-order chi connectivity index (χ0) is 21.7. The van der Waals surface area contributed by atoms with Gasteiger partial charge in [0.2, 0.25) is 5.78 Å². The Morgan fingerprint density at radius 1 is 1.03 bits per heavy atom. The van der Waals surface area contributed by atoms with Gasteiger partial charge < -0.3 is 10.6 Å². The zero-order valence-corrected chi connectivity index (χ0v) is 18.1. The molecular weight excluding hydrogens is 422 g/mol. The summed E-state index contributed by atoms with van der Waals surface area (Å²) in [5.74, 6) is -2.04. The average molecular weight is 442 g/mol. The molecule has 1 amide bonds. The molecule has 0 unspecified atom stereocenters. The second kappa shape index (κ2) is 9.65. The van der Waals surface area contributed by atoms with Crippen molar-refractivity contribution in [2.24, 2.45) is 0 Å². The Morgan fingerprint density at radius 2 is 1.70 bits per heavy atom. The highest BCUT2D eigenvalue weighted by molar-refractivity contribution is 7.17. The van der Waals surface area contributed by atoms with Crippen LogP contribution in [0.2, 0.25) is 5.02 Å². The number of anilines is 3. The molecule has 6 nitrogen and oxygen atoms in total. The van der Waals surface area contributed by atoms with Crippen LogP contribution in [0.3, 0.4) is 0 Å². The van der Waals surface area contributed by atoms with Gasteiger partial charge in [-0.3, -0.25) is 14.4 Å². The Balaban J connectivity index is 1.67. The Morgan fingerprint density at radius 3 is 2.40 bits per heavy atom. The van der Waals surface area contributed by atoms with E-state index in [1.54, 1.807) is 31.2 Å². The molecule has 30 heavy (non-hydrogen) atoms. The van der Waals surface area contributed by atoms with Gasteiger partial charge in [-0.2, -0.15) is 0 Å². The van der Waals surface area contributed by atoms with Gasteiger partial charge in [-0.15, -0.1) is 0 Å². The normalized spacial score (nSPS) is 10.5. The molecule has 0 aliphatic rings. The van der Waals surface area contributed by atoms with Crippen molar-refractivity contribution in [3.63, 3.8) is 0 Å². The molecule has 2 N–H and O–H groups in total. The molecule has 1 heterocycles. The van der Waals surface area contributed by atoms with E-state index < -0.39 is 23.9 Å². The first kappa shape index (κ1) is 21.7. The lowest BCUT2D eigenvalue weighted by Gasteiger charge is -2.08. The number of hydrogen-bond donors (Lipinski definition) is 2. The highest BCUT2D eigenvalue weighted by Gasteiger charge is 2.23. The maximum absolute atomic E-state index is 12.6. The van der Waals surface area contributed by atoms with Crippen LogP contribution >= 0.6 is 22.9 Å². The van der Waals surface area contributed by atoms with Crippen LogP contribution in [0.1, 0.15) is 34.3 Å². The monoisotopic (exact) mass is 441 g/mol. The van der Waals surface area contributed by atoms with E-state index in [0.29, 0.717) is 38.5 Å². The van der Waals surface area contributed by atoms with Gasteiger partial charge in [-0.05, 0) is 37.1 Å². The zero-order valence-electron chi connectivity index (χ0n) is 16.5. The minimum Gasteiger partial charge on any atom is -0.330 e. The van der Waals surface area contributed by atoms with Crippen molar-refractivity contribution in [3.8, 4) is 0 Å². The molecule has 2 aromatic carbocycles. The van der Waals surface area contributed by atoms with Gasteiger partial charge in [-0.25, -0.2) is 4.98 Å². The second-order valence-electron chi connectivity index (χ2n) is 6.53. The lowest BCUT2D eigenvalue weighted by atomic mass is 10.1. The molecule has 0 aliphatic carbocycles. The molecule has 154 valence electrons. The summed E-state index contributed by atoms with van der Waals surface area (Å²) in [5.41, 5.74) is 2.64. The van der Waals surface area contributed by atoms with Crippen LogP contribution in [0, 0.1) is 6.92 Å². The number of halogens is 1. The fraction of sp³-hybridized carbons (Fsp3) is 0.182. The quantitative estimate of drug-likeness (QED) is 0.285. The first-order chi connectivity index (χ1) is 14.4. The topological polar surface area (TPSA) is 88.2 Å². The number of rotatable bonds is 8. The Hall–Kier alpha value is -3.03. The van der Waals surface area contributed by atoms with Gasteiger partial charge in [-0.1, -0.05) is 60.2 Å². The van der Waals surface area contributed by atoms with Crippen LogP contribution in [0.4, 0.5) is 16.5 Å². The first-order valence-corrected chi connectivity index (χ1v) is 10.5. The number of ketones is 2. The van der Waals surface area contributed by atoms with E-state index in [-0.39, 0.29) is 0 Å². The summed E-state index contributed by atoms with van der Waals surface area (Å²) in [6.07, 6.45) is 0.194. The van der Waals surface area contributed by atoms with Gasteiger partial charge in [0.15, 0.2) is 10.9 Å². The largest absolute Gasteiger partial charge is 0.330 e. The lowest BCUT2D eigenvalue weighted by molar-refractivity contribution is -0.134. The maximum atomic E-state index is 12.6. The third kappa shape index (κ3) is 5.11. The Kier molecular flexibility index (Phi) is 6.97. The number of amides is 1. The molecule has 3 rings (SSSR count). The van der Waals surface area contributed by atoms with Gasteiger partial charge in [0.25, 0.3) is 5.91 Å². The molecule has 0 atom stereocenters. The average Bonchev–Trinajstić information content (AvgIpc) is 3.10. The van der Waals surface area contributed by atoms with E-state index in [0.717, 1.165) is 16.9 Å². The highest BCUT2D eigenvalue weighted by atomic mass is 35.5. The second-order valence-corrected chi connectivity index (χ2v) is 7.93. The van der Waals surface area contributed by atoms with Gasteiger partial charge in [0, 0.05) is 5.69 Å². The highest BCUT2D eigenvalue weighted by Crippen LogP contribution is 2.30. The summed E-state index contributed by atoms with van der Waals surface area (Å²) < 4.78 is 0. The van der Waals surface area contributed by atoms with E-state index in [9.17, 15) is 14.4 Å². The third-order valence-electron chi connectivity index (χ3n) is 4.39. The molecule has 0 spiro atoms. The van der Waals surface area contributed by atoms with E-state index >= 15 is 0 Å². The summed E-state index contributed by atoms with van der Waals surface area (Å²) in [7, 11) is 0. The van der Waals surface area contributed by atoms with E-state index in [1.165, 1.54) is 0 Å². The van der Waals surface area contributed by atoms with Crippen molar-refractivity contribution in [2.75, 3.05) is 10.6 Å². The van der Waals surface area contributed by atoms with Crippen molar-refractivity contribution >= 4 is 56.9 Å². The van der Waals surface area contributed by atoms with Crippen molar-refractivity contribution in [2.45, 2.75) is 26.7 Å². The molecule has 8 heteroatoms. The van der Waals surface area contributed by atoms with Crippen molar-refractivity contribution in [1.82, 2.24) is 4.98 Å². The van der Waals surface area contributed by atoms with Gasteiger partial charge in [0.05, 0.1) is 27.7 Å². The van der Waals surface area contributed by atoms with Crippen LogP contribution in [0.5, 0.6) is 0 Å². The van der Waals surface area contributed by atoms with Crippen molar-refractivity contribution in [1.29, 1.82) is 0 Å². The Labute approximate surface area is 183 Å². The summed E-state index contributed by atoms with van der Waals surface area (Å²) >= 11 is 7.25. The SMILES string of the molecule is CCc1ccccc1NC(=O)C(=O)CC(=O)c1sc(Nc2ccccc2Cl)nc1C. The maximum Gasteiger partial charge on any atom is 0.292 e. The predicted octanol–water partition coefficient (Wildman–Crippen LogP) is 5.19. The number of nitrogens with one attached hydrogen (secondary N) is 2. The van der Waals surface area contributed by atoms with Crippen LogP contribution in [-0.2, 0) is 16.0 Å². The smallest absolute Gasteiger partial charge is 0.292 e. The number of hydrogen-bond acceptors (Lipinski definition) is 6. The number of aromatic nitrogens is 1. The minimum absolute atomic E-state index is 0.333.